The number of carbonyl (C=O) groups is 2. The Labute approximate surface area is 148 Å². The molecule has 1 aliphatic rings. The first-order valence-corrected chi connectivity index (χ1v) is 8.82. The zero-order chi connectivity index (χ0) is 17.6. The van der Waals surface area contributed by atoms with Gasteiger partial charge in [-0.2, -0.15) is 0 Å². The third-order valence-corrected chi connectivity index (χ3v) is 4.63. The molecule has 1 saturated heterocycles. The van der Waals surface area contributed by atoms with E-state index >= 15 is 0 Å². The van der Waals surface area contributed by atoms with Gasteiger partial charge in [-0.15, -0.1) is 0 Å². The van der Waals surface area contributed by atoms with Gasteiger partial charge in [-0.25, -0.2) is 0 Å². The quantitative estimate of drug-likeness (QED) is 0.824. The Balaban J connectivity index is 1.46. The maximum Gasteiger partial charge on any atom is 0.227 e. The lowest BCUT2D eigenvalue weighted by Gasteiger charge is -2.17. The second-order valence-corrected chi connectivity index (χ2v) is 6.62. The number of aryl methyl sites for hydroxylation is 2. The molecule has 0 unspecified atom stereocenters. The van der Waals surface area contributed by atoms with Gasteiger partial charge in [0.1, 0.15) is 0 Å². The number of nitrogens with zero attached hydrogens (tertiary/aromatic N) is 1. The van der Waals surface area contributed by atoms with Crippen LogP contribution in [0.1, 0.15) is 24.0 Å². The fourth-order valence-electron chi connectivity index (χ4n) is 3.15. The van der Waals surface area contributed by atoms with E-state index in [0.717, 1.165) is 24.1 Å². The smallest absolute Gasteiger partial charge is 0.227 e. The first kappa shape index (κ1) is 17.2. The van der Waals surface area contributed by atoms with E-state index in [1.54, 1.807) is 4.90 Å². The summed E-state index contributed by atoms with van der Waals surface area (Å²) in [5.41, 5.74) is 3.30. The molecule has 3 rings (SSSR count). The minimum Gasteiger partial charge on any atom is -0.356 e. The highest BCUT2D eigenvalue weighted by atomic mass is 16.2. The third kappa shape index (κ3) is 4.47. The number of amides is 2. The standard InChI is InChI=1S/C21H24N2O2/c1-16-9-11-19(12-10-16)23-15-18(14-20(23)24)21(25)22-13-5-8-17-6-3-2-4-7-17/h2-4,6-7,9-12,18H,5,8,13-15H2,1H3,(H,22,25)/t18-/m1/s1. The second kappa shape index (κ2) is 7.97. The Morgan fingerprint density at radius 1 is 1.12 bits per heavy atom. The van der Waals surface area contributed by atoms with Crippen molar-refractivity contribution in [2.24, 2.45) is 5.92 Å². The Morgan fingerprint density at radius 2 is 1.84 bits per heavy atom. The number of hydrogen-bond acceptors (Lipinski definition) is 2. The van der Waals surface area contributed by atoms with Crippen LogP contribution in [-0.4, -0.2) is 24.9 Å². The number of rotatable bonds is 6. The molecule has 1 aliphatic heterocycles. The van der Waals surface area contributed by atoms with E-state index in [2.05, 4.69) is 17.4 Å². The number of hydrogen-bond donors (Lipinski definition) is 1. The third-order valence-electron chi connectivity index (χ3n) is 4.63. The summed E-state index contributed by atoms with van der Waals surface area (Å²) >= 11 is 0. The van der Waals surface area contributed by atoms with Crippen LogP contribution in [0.15, 0.2) is 54.6 Å². The average Bonchev–Trinajstić information content (AvgIpc) is 3.02. The highest BCUT2D eigenvalue weighted by Gasteiger charge is 2.34. The van der Waals surface area contributed by atoms with Crippen molar-refractivity contribution in [2.45, 2.75) is 26.2 Å². The van der Waals surface area contributed by atoms with Crippen LogP contribution in [0.4, 0.5) is 5.69 Å². The maximum atomic E-state index is 12.3. The molecule has 0 aromatic heterocycles. The largest absolute Gasteiger partial charge is 0.356 e. The molecule has 1 heterocycles. The van der Waals surface area contributed by atoms with E-state index in [-0.39, 0.29) is 17.7 Å². The van der Waals surface area contributed by atoms with E-state index in [0.29, 0.717) is 19.5 Å². The first-order valence-electron chi connectivity index (χ1n) is 8.82. The van der Waals surface area contributed by atoms with Crippen LogP contribution in [0.5, 0.6) is 0 Å². The zero-order valence-electron chi connectivity index (χ0n) is 14.6. The summed E-state index contributed by atoms with van der Waals surface area (Å²) in [6.45, 7) is 3.12. The van der Waals surface area contributed by atoms with Crippen LogP contribution in [-0.2, 0) is 16.0 Å². The van der Waals surface area contributed by atoms with Crippen LogP contribution in [0.3, 0.4) is 0 Å². The first-order chi connectivity index (χ1) is 12.1. The molecule has 2 amide bonds. The molecule has 1 N–H and O–H groups in total. The fraction of sp³-hybridized carbons (Fsp3) is 0.333. The van der Waals surface area contributed by atoms with Crippen LogP contribution in [0, 0.1) is 12.8 Å². The molecule has 2 aromatic carbocycles. The minimum atomic E-state index is -0.259. The summed E-state index contributed by atoms with van der Waals surface area (Å²) in [7, 11) is 0. The summed E-state index contributed by atoms with van der Waals surface area (Å²) in [4.78, 5) is 26.3. The van der Waals surface area contributed by atoms with Gasteiger partial charge in [0.25, 0.3) is 0 Å². The summed E-state index contributed by atoms with van der Waals surface area (Å²) in [6.07, 6.45) is 2.14. The van der Waals surface area contributed by atoms with E-state index in [1.807, 2.05) is 49.4 Å². The number of anilines is 1. The zero-order valence-corrected chi connectivity index (χ0v) is 14.6. The molecular weight excluding hydrogens is 312 g/mol. The molecule has 130 valence electrons. The van der Waals surface area contributed by atoms with Crippen LogP contribution >= 0.6 is 0 Å². The molecule has 0 bridgehead atoms. The highest BCUT2D eigenvalue weighted by Crippen LogP contribution is 2.25. The average molecular weight is 336 g/mol. The summed E-state index contributed by atoms with van der Waals surface area (Å²) in [6, 6.07) is 18.1. The predicted octanol–water partition coefficient (Wildman–Crippen LogP) is 3.10. The molecule has 0 saturated carbocycles. The lowest BCUT2D eigenvalue weighted by Crippen LogP contribution is -2.33. The SMILES string of the molecule is Cc1ccc(N2C[C@H](C(=O)NCCCc3ccccc3)CC2=O)cc1. The normalized spacial score (nSPS) is 16.9. The molecule has 4 nitrogen and oxygen atoms in total. The lowest BCUT2D eigenvalue weighted by molar-refractivity contribution is -0.126. The van der Waals surface area contributed by atoms with Crippen molar-refractivity contribution in [3.05, 3.63) is 65.7 Å². The molecule has 0 aliphatic carbocycles. The van der Waals surface area contributed by atoms with E-state index in [9.17, 15) is 9.59 Å². The molecule has 0 radical (unpaired) electrons. The number of nitrogens with one attached hydrogen (secondary N) is 1. The Morgan fingerprint density at radius 3 is 2.56 bits per heavy atom. The summed E-state index contributed by atoms with van der Waals surface area (Å²) < 4.78 is 0. The maximum absolute atomic E-state index is 12.3. The van der Waals surface area contributed by atoms with Crippen LogP contribution in [0.2, 0.25) is 0 Å². The highest BCUT2D eigenvalue weighted by molar-refractivity contribution is 6.00. The van der Waals surface area contributed by atoms with Crippen LogP contribution < -0.4 is 10.2 Å². The minimum absolute atomic E-state index is 0.0176. The van der Waals surface area contributed by atoms with Crippen molar-refractivity contribution in [3.8, 4) is 0 Å². The Kier molecular flexibility index (Phi) is 5.49. The van der Waals surface area contributed by atoms with Crippen molar-refractivity contribution in [1.82, 2.24) is 5.32 Å². The molecule has 1 atom stereocenters. The Bertz CT molecular complexity index is 725. The van der Waals surface area contributed by atoms with Crippen molar-refractivity contribution >= 4 is 17.5 Å². The predicted molar refractivity (Wildman–Crippen MR) is 99.4 cm³/mol. The van der Waals surface area contributed by atoms with Gasteiger partial charge in [0.2, 0.25) is 11.8 Å². The van der Waals surface area contributed by atoms with Crippen LogP contribution in [0.25, 0.3) is 0 Å². The second-order valence-electron chi connectivity index (χ2n) is 6.62. The van der Waals surface area contributed by atoms with Gasteiger partial charge in [0, 0.05) is 25.2 Å². The summed E-state index contributed by atoms with van der Waals surface area (Å²) in [5.74, 6) is -0.255. The fourth-order valence-corrected chi connectivity index (χ4v) is 3.15. The summed E-state index contributed by atoms with van der Waals surface area (Å²) in [5, 5.41) is 2.98. The molecule has 0 spiro atoms. The van der Waals surface area contributed by atoms with E-state index < -0.39 is 0 Å². The van der Waals surface area contributed by atoms with E-state index in [4.69, 9.17) is 0 Å². The molecule has 25 heavy (non-hydrogen) atoms. The van der Waals surface area contributed by atoms with Gasteiger partial charge in [0.05, 0.1) is 5.92 Å². The lowest BCUT2D eigenvalue weighted by atomic mass is 10.1. The Hall–Kier alpha value is -2.62. The van der Waals surface area contributed by atoms with Gasteiger partial charge in [-0.3, -0.25) is 9.59 Å². The topological polar surface area (TPSA) is 49.4 Å². The van der Waals surface area contributed by atoms with Crippen molar-refractivity contribution < 1.29 is 9.59 Å². The van der Waals surface area contributed by atoms with Gasteiger partial charge in [0.15, 0.2) is 0 Å². The molecular formula is C21H24N2O2. The van der Waals surface area contributed by atoms with E-state index in [1.165, 1.54) is 5.56 Å². The molecule has 1 fully saturated rings. The monoisotopic (exact) mass is 336 g/mol. The molecule has 2 aromatic rings. The van der Waals surface area contributed by atoms with Crippen molar-refractivity contribution in [3.63, 3.8) is 0 Å². The van der Waals surface area contributed by atoms with Gasteiger partial charge in [-0.1, -0.05) is 48.0 Å². The van der Waals surface area contributed by atoms with Gasteiger partial charge < -0.3 is 10.2 Å². The number of carbonyl (C=O) groups excluding carboxylic acids is 2. The molecule has 4 heteroatoms. The van der Waals surface area contributed by atoms with Gasteiger partial charge >= 0.3 is 0 Å². The van der Waals surface area contributed by atoms with Crippen molar-refractivity contribution in [1.29, 1.82) is 0 Å². The van der Waals surface area contributed by atoms with Gasteiger partial charge in [-0.05, 0) is 37.5 Å². The van der Waals surface area contributed by atoms with Crippen molar-refractivity contribution in [2.75, 3.05) is 18.0 Å². The number of benzene rings is 2.